The first kappa shape index (κ1) is 12.0. The molecule has 0 fully saturated rings. The molecule has 1 heterocycles. The van der Waals surface area contributed by atoms with E-state index in [0.29, 0.717) is 0 Å². The van der Waals surface area contributed by atoms with Crippen molar-refractivity contribution in [3.63, 3.8) is 0 Å². The topological polar surface area (TPSA) is 68.0 Å². The van der Waals surface area contributed by atoms with Crippen LogP contribution in [0.15, 0.2) is 36.5 Å². The average Bonchev–Trinajstić information content (AvgIpc) is 2.35. The van der Waals surface area contributed by atoms with Gasteiger partial charge in [-0.2, -0.15) is 0 Å². The smallest absolute Gasteiger partial charge is 0.259 e. The van der Waals surface area contributed by atoms with E-state index in [1.165, 1.54) is 18.2 Å². The average molecular weight is 249 g/mol. The largest absolute Gasteiger partial charge is 0.383 e. The summed E-state index contributed by atoms with van der Waals surface area (Å²) in [5.74, 6) is -2.12. The number of para-hydroxylation sites is 1. The second kappa shape index (κ2) is 4.79. The maximum absolute atomic E-state index is 13.3. The summed E-state index contributed by atoms with van der Waals surface area (Å²) in [6.07, 6.45) is 0.898. The van der Waals surface area contributed by atoms with Crippen molar-refractivity contribution < 1.29 is 13.6 Å². The van der Waals surface area contributed by atoms with E-state index in [-0.39, 0.29) is 17.1 Å². The van der Waals surface area contributed by atoms with E-state index in [1.807, 2.05) is 0 Å². The van der Waals surface area contributed by atoms with Gasteiger partial charge in [-0.15, -0.1) is 0 Å². The van der Waals surface area contributed by atoms with Crippen LogP contribution in [0.25, 0.3) is 0 Å². The Bertz CT molecular complexity index is 602. The van der Waals surface area contributed by atoms with Crippen molar-refractivity contribution in [2.24, 2.45) is 0 Å². The molecule has 6 heteroatoms. The van der Waals surface area contributed by atoms with Gasteiger partial charge in [-0.3, -0.25) is 4.79 Å². The van der Waals surface area contributed by atoms with Crippen LogP contribution in [0.3, 0.4) is 0 Å². The molecular formula is C12H9F2N3O. The highest BCUT2D eigenvalue weighted by molar-refractivity contribution is 6.07. The first-order valence-corrected chi connectivity index (χ1v) is 5.05. The van der Waals surface area contributed by atoms with E-state index in [2.05, 4.69) is 10.3 Å². The SMILES string of the molecule is Nc1ncc(F)cc1C(=O)Nc1ccccc1F. The molecule has 0 unspecified atom stereocenters. The molecular weight excluding hydrogens is 240 g/mol. The number of nitrogen functional groups attached to an aromatic ring is 1. The summed E-state index contributed by atoms with van der Waals surface area (Å²) in [5.41, 5.74) is 5.30. The molecule has 2 aromatic rings. The first-order valence-electron chi connectivity index (χ1n) is 5.05. The van der Waals surface area contributed by atoms with Crippen LogP contribution < -0.4 is 11.1 Å². The van der Waals surface area contributed by atoms with Gasteiger partial charge in [0.15, 0.2) is 0 Å². The number of aromatic nitrogens is 1. The Labute approximate surface area is 101 Å². The van der Waals surface area contributed by atoms with Gasteiger partial charge < -0.3 is 11.1 Å². The van der Waals surface area contributed by atoms with Gasteiger partial charge in [-0.1, -0.05) is 12.1 Å². The number of nitrogens with one attached hydrogen (secondary N) is 1. The third-order valence-corrected chi connectivity index (χ3v) is 2.25. The van der Waals surface area contributed by atoms with Crippen molar-refractivity contribution in [3.05, 3.63) is 53.7 Å². The molecule has 0 saturated heterocycles. The molecule has 0 spiro atoms. The number of carbonyl (C=O) groups excluding carboxylic acids is 1. The Morgan fingerprint density at radius 3 is 2.72 bits per heavy atom. The van der Waals surface area contributed by atoms with Crippen LogP contribution in [0.1, 0.15) is 10.4 Å². The predicted octanol–water partition coefficient (Wildman–Crippen LogP) is 2.19. The molecule has 92 valence electrons. The number of carbonyl (C=O) groups is 1. The van der Waals surface area contributed by atoms with Gasteiger partial charge >= 0.3 is 0 Å². The maximum Gasteiger partial charge on any atom is 0.259 e. The molecule has 1 aromatic heterocycles. The minimum absolute atomic E-state index is 0.00818. The number of benzene rings is 1. The molecule has 0 radical (unpaired) electrons. The van der Waals surface area contributed by atoms with Crippen molar-refractivity contribution >= 4 is 17.4 Å². The summed E-state index contributed by atoms with van der Waals surface area (Å²) in [4.78, 5) is 15.3. The van der Waals surface area contributed by atoms with Crippen LogP contribution in [0, 0.1) is 11.6 Å². The molecule has 18 heavy (non-hydrogen) atoms. The molecule has 0 aliphatic rings. The highest BCUT2D eigenvalue weighted by atomic mass is 19.1. The van der Waals surface area contributed by atoms with E-state index < -0.39 is 17.5 Å². The van der Waals surface area contributed by atoms with E-state index in [9.17, 15) is 13.6 Å². The standard InChI is InChI=1S/C12H9F2N3O/c13-7-5-8(11(15)16-6-7)12(18)17-10-4-2-1-3-9(10)14/h1-6H,(H2,15,16)(H,17,18). The summed E-state index contributed by atoms with van der Waals surface area (Å²) in [5, 5.41) is 2.29. The molecule has 0 bridgehead atoms. The normalized spacial score (nSPS) is 10.1. The minimum atomic E-state index is -0.718. The van der Waals surface area contributed by atoms with Crippen LogP contribution in [-0.4, -0.2) is 10.9 Å². The van der Waals surface area contributed by atoms with Gasteiger partial charge in [0.2, 0.25) is 0 Å². The Balaban J connectivity index is 2.28. The number of anilines is 2. The van der Waals surface area contributed by atoms with E-state index >= 15 is 0 Å². The van der Waals surface area contributed by atoms with Crippen molar-refractivity contribution in [1.82, 2.24) is 4.98 Å². The van der Waals surface area contributed by atoms with Crippen LogP contribution >= 0.6 is 0 Å². The molecule has 1 aromatic carbocycles. The quantitative estimate of drug-likeness (QED) is 0.857. The summed E-state index contributed by atoms with van der Waals surface area (Å²) < 4.78 is 26.3. The van der Waals surface area contributed by atoms with Crippen LogP contribution in [0.4, 0.5) is 20.3 Å². The number of halogens is 2. The van der Waals surface area contributed by atoms with Crippen LogP contribution in [0.5, 0.6) is 0 Å². The molecule has 0 aliphatic heterocycles. The van der Waals surface area contributed by atoms with Gasteiger partial charge in [0.05, 0.1) is 17.4 Å². The van der Waals surface area contributed by atoms with Gasteiger partial charge in [0.1, 0.15) is 17.5 Å². The second-order valence-corrected chi connectivity index (χ2v) is 3.52. The van der Waals surface area contributed by atoms with Gasteiger partial charge in [0.25, 0.3) is 5.91 Å². The van der Waals surface area contributed by atoms with E-state index in [1.54, 1.807) is 6.07 Å². The van der Waals surface area contributed by atoms with Crippen molar-refractivity contribution in [2.45, 2.75) is 0 Å². The zero-order valence-corrected chi connectivity index (χ0v) is 9.15. The van der Waals surface area contributed by atoms with Crippen molar-refractivity contribution in [3.8, 4) is 0 Å². The Morgan fingerprint density at radius 2 is 2.00 bits per heavy atom. The Hall–Kier alpha value is -2.50. The molecule has 1 amide bonds. The monoisotopic (exact) mass is 249 g/mol. The lowest BCUT2D eigenvalue weighted by Crippen LogP contribution is -2.16. The number of nitrogens with zero attached hydrogens (tertiary/aromatic N) is 1. The Morgan fingerprint density at radius 1 is 1.28 bits per heavy atom. The van der Waals surface area contributed by atoms with Gasteiger partial charge in [-0.25, -0.2) is 13.8 Å². The van der Waals surface area contributed by atoms with Crippen molar-refractivity contribution in [2.75, 3.05) is 11.1 Å². The number of nitrogens with two attached hydrogens (primary N) is 1. The number of amides is 1. The number of hydrogen-bond acceptors (Lipinski definition) is 3. The highest BCUT2D eigenvalue weighted by Gasteiger charge is 2.13. The summed E-state index contributed by atoms with van der Waals surface area (Å²) in [6, 6.07) is 6.58. The van der Waals surface area contributed by atoms with E-state index in [0.717, 1.165) is 12.3 Å². The Kier molecular flexibility index (Phi) is 3.18. The fourth-order valence-electron chi connectivity index (χ4n) is 1.38. The zero-order valence-electron chi connectivity index (χ0n) is 9.15. The molecule has 0 aliphatic carbocycles. The molecule has 3 N–H and O–H groups in total. The summed E-state index contributed by atoms with van der Waals surface area (Å²) in [7, 11) is 0. The molecule has 0 saturated carbocycles. The maximum atomic E-state index is 13.3. The fraction of sp³-hybridized carbons (Fsp3) is 0. The minimum Gasteiger partial charge on any atom is -0.383 e. The summed E-state index contributed by atoms with van der Waals surface area (Å²) >= 11 is 0. The summed E-state index contributed by atoms with van der Waals surface area (Å²) in [6.45, 7) is 0. The number of rotatable bonds is 2. The lowest BCUT2D eigenvalue weighted by molar-refractivity contribution is 0.102. The third kappa shape index (κ3) is 2.42. The number of hydrogen-bond donors (Lipinski definition) is 2. The fourth-order valence-corrected chi connectivity index (χ4v) is 1.38. The van der Waals surface area contributed by atoms with Gasteiger partial charge in [0, 0.05) is 0 Å². The van der Waals surface area contributed by atoms with Crippen LogP contribution in [-0.2, 0) is 0 Å². The van der Waals surface area contributed by atoms with Crippen molar-refractivity contribution in [1.29, 1.82) is 0 Å². The molecule has 2 rings (SSSR count). The van der Waals surface area contributed by atoms with Gasteiger partial charge in [-0.05, 0) is 18.2 Å². The lowest BCUT2D eigenvalue weighted by atomic mass is 10.2. The predicted molar refractivity (Wildman–Crippen MR) is 63.0 cm³/mol. The zero-order chi connectivity index (χ0) is 13.1. The molecule has 4 nitrogen and oxygen atoms in total. The lowest BCUT2D eigenvalue weighted by Gasteiger charge is -2.07. The number of pyridine rings is 1. The first-order chi connectivity index (χ1) is 8.58. The third-order valence-electron chi connectivity index (χ3n) is 2.25. The molecule has 0 atom stereocenters. The van der Waals surface area contributed by atoms with Crippen LogP contribution in [0.2, 0.25) is 0 Å². The second-order valence-electron chi connectivity index (χ2n) is 3.52. The van der Waals surface area contributed by atoms with E-state index in [4.69, 9.17) is 5.73 Å². The highest BCUT2D eigenvalue weighted by Crippen LogP contribution is 2.16.